The van der Waals surface area contributed by atoms with Crippen molar-refractivity contribution in [3.05, 3.63) is 65.5 Å². The van der Waals surface area contributed by atoms with E-state index < -0.39 is 23.7 Å². The van der Waals surface area contributed by atoms with E-state index >= 15 is 0 Å². The van der Waals surface area contributed by atoms with Gasteiger partial charge in [-0.05, 0) is 23.8 Å². The summed E-state index contributed by atoms with van der Waals surface area (Å²) >= 11 is 0. The van der Waals surface area contributed by atoms with E-state index in [2.05, 4.69) is 0 Å². The van der Waals surface area contributed by atoms with E-state index in [9.17, 15) is 17.6 Å². The maximum atomic E-state index is 13.2. The molecule has 6 heteroatoms. The lowest BCUT2D eigenvalue weighted by Gasteiger charge is -2.19. The first-order valence-corrected chi connectivity index (χ1v) is 6.20. The smallest absolute Gasteiger partial charge is 0.419 e. The fourth-order valence-electron chi connectivity index (χ4n) is 1.88. The molecule has 0 fully saturated rings. The summed E-state index contributed by atoms with van der Waals surface area (Å²) in [7, 11) is 0. The molecule has 1 atom stereocenters. The van der Waals surface area contributed by atoms with Crippen LogP contribution in [0.1, 0.15) is 17.2 Å². The van der Waals surface area contributed by atoms with Crippen LogP contribution in [0.3, 0.4) is 0 Å². The highest BCUT2D eigenvalue weighted by atomic mass is 19.4. The van der Waals surface area contributed by atoms with Crippen molar-refractivity contribution >= 4 is 0 Å². The van der Waals surface area contributed by atoms with Gasteiger partial charge in [-0.3, -0.25) is 0 Å². The van der Waals surface area contributed by atoms with Crippen LogP contribution in [0.15, 0.2) is 48.5 Å². The van der Waals surface area contributed by atoms with Crippen LogP contribution in [0.4, 0.5) is 17.6 Å². The molecule has 0 bridgehead atoms. The molecule has 0 aliphatic rings. The Hall–Kier alpha value is -2.08. The molecule has 0 heterocycles. The van der Waals surface area contributed by atoms with Crippen molar-refractivity contribution in [1.82, 2.24) is 0 Å². The molecule has 2 rings (SSSR count). The lowest BCUT2D eigenvalue weighted by Crippen LogP contribution is -2.19. The van der Waals surface area contributed by atoms with Crippen molar-refractivity contribution in [2.24, 2.45) is 5.73 Å². The van der Waals surface area contributed by atoms with Gasteiger partial charge in [0, 0.05) is 6.54 Å². The predicted molar refractivity (Wildman–Crippen MR) is 70.3 cm³/mol. The van der Waals surface area contributed by atoms with Gasteiger partial charge in [-0.15, -0.1) is 0 Å². The molecule has 2 aromatic rings. The van der Waals surface area contributed by atoms with Crippen LogP contribution in [0.25, 0.3) is 0 Å². The van der Waals surface area contributed by atoms with Gasteiger partial charge < -0.3 is 10.5 Å². The summed E-state index contributed by atoms with van der Waals surface area (Å²) in [6.07, 6.45) is -5.37. The summed E-state index contributed by atoms with van der Waals surface area (Å²) in [6.45, 7) is 0.0861. The van der Waals surface area contributed by atoms with Crippen LogP contribution >= 0.6 is 0 Å². The van der Waals surface area contributed by atoms with Gasteiger partial charge in [-0.2, -0.15) is 13.2 Å². The zero-order valence-corrected chi connectivity index (χ0v) is 10.9. The topological polar surface area (TPSA) is 35.2 Å². The summed E-state index contributed by atoms with van der Waals surface area (Å²) in [5, 5.41) is 0. The molecular formula is C15H13F4NO. The van der Waals surface area contributed by atoms with Gasteiger partial charge in [0.2, 0.25) is 0 Å². The molecule has 0 saturated carbocycles. The van der Waals surface area contributed by atoms with E-state index in [0.29, 0.717) is 6.07 Å². The van der Waals surface area contributed by atoms with Crippen LogP contribution in [0, 0.1) is 5.82 Å². The molecule has 2 N–H and O–H groups in total. The maximum Gasteiger partial charge on any atom is 0.419 e. The summed E-state index contributed by atoms with van der Waals surface area (Å²) in [4.78, 5) is 0. The summed E-state index contributed by atoms with van der Waals surface area (Å²) in [5.74, 6) is -1.41. The van der Waals surface area contributed by atoms with Gasteiger partial charge in [-0.25, -0.2) is 4.39 Å². The molecule has 112 valence electrons. The zero-order valence-electron chi connectivity index (χ0n) is 10.9. The van der Waals surface area contributed by atoms with Crippen LogP contribution in [0.2, 0.25) is 0 Å². The number of rotatable bonds is 4. The minimum Gasteiger partial charge on any atom is -0.484 e. The minimum atomic E-state index is -4.77. The van der Waals surface area contributed by atoms with Gasteiger partial charge in [0.25, 0.3) is 0 Å². The molecule has 0 aromatic heterocycles. The average Bonchev–Trinajstić information content (AvgIpc) is 2.46. The Balaban J connectivity index is 2.27. The SMILES string of the molecule is NCC(Oc1ccc(F)c(C(F)(F)F)c1)c1ccccc1. The van der Waals surface area contributed by atoms with E-state index in [1.54, 1.807) is 30.3 Å². The maximum absolute atomic E-state index is 13.2. The van der Waals surface area contributed by atoms with Gasteiger partial charge in [0.1, 0.15) is 17.7 Å². The standard InChI is InChI=1S/C15H13F4NO/c16-13-7-6-11(8-12(13)15(17,18)19)21-14(9-20)10-4-2-1-3-5-10/h1-8,14H,9,20H2. The second kappa shape index (κ2) is 6.13. The predicted octanol–water partition coefficient (Wildman–Crippen LogP) is 3.92. The number of benzene rings is 2. The number of alkyl halides is 3. The molecule has 0 amide bonds. The van der Waals surface area contributed by atoms with E-state index in [1.807, 2.05) is 0 Å². The Bertz CT molecular complexity index is 598. The van der Waals surface area contributed by atoms with Crippen molar-refractivity contribution in [1.29, 1.82) is 0 Å². The monoisotopic (exact) mass is 299 g/mol. The third-order valence-electron chi connectivity index (χ3n) is 2.91. The van der Waals surface area contributed by atoms with Crippen molar-refractivity contribution in [3.63, 3.8) is 0 Å². The highest BCUT2D eigenvalue weighted by molar-refractivity contribution is 5.32. The lowest BCUT2D eigenvalue weighted by molar-refractivity contribution is -0.140. The third-order valence-corrected chi connectivity index (χ3v) is 2.91. The van der Waals surface area contributed by atoms with Gasteiger partial charge >= 0.3 is 6.18 Å². The molecule has 0 spiro atoms. The van der Waals surface area contributed by atoms with Crippen LogP contribution < -0.4 is 10.5 Å². The molecule has 0 radical (unpaired) electrons. The van der Waals surface area contributed by atoms with Crippen LogP contribution in [-0.4, -0.2) is 6.54 Å². The fraction of sp³-hybridized carbons (Fsp3) is 0.200. The number of nitrogens with two attached hydrogens (primary N) is 1. The summed E-state index contributed by atoms with van der Waals surface area (Å²) in [6, 6.07) is 11.4. The van der Waals surface area contributed by atoms with Crippen LogP contribution in [-0.2, 0) is 6.18 Å². The Morgan fingerprint density at radius 1 is 1.05 bits per heavy atom. The van der Waals surface area contributed by atoms with E-state index in [-0.39, 0.29) is 12.3 Å². The van der Waals surface area contributed by atoms with Crippen LogP contribution in [0.5, 0.6) is 5.75 Å². The Morgan fingerprint density at radius 3 is 2.29 bits per heavy atom. The number of hydrogen-bond acceptors (Lipinski definition) is 2. The molecule has 2 aromatic carbocycles. The first-order chi connectivity index (χ1) is 9.91. The van der Waals surface area contributed by atoms with Crippen molar-refractivity contribution in [3.8, 4) is 5.75 Å². The van der Waals surface area contributed by atoms with Gasteiger partial charge in [0.05, 0.1) is 5.56 Å². The average molecular weight is 299 g/mol. The van der Waals surface area contributed by atoms with Crippen molar-refractivity contribution in [2.75, 3.05) is 6.54 Å². The second-order valence-electron chi connectivity index (χ2n) is 4.39. The first-order valence-electron chi connectivity index (χ1n) is 6.20. The summed E-state index contributed by atoms with van der Waals surface area (Å²) < 4.78 is 56.6. The minimum absolute atomic E-state index is 0.0805. The molecule has 0 aliphatic carbocycles. The Kier molecular flexibility index (Phi) is 4.47. The highest BCUT2D eigenvalue weighted by Crippen LogP contribution is 2.34. The molecular weight excluding hydrogens is 286 g/mol. The van der Waals surface area contributed by atoms with E-state index in [0.717, 1.165) is 17.7 Å². The van der Waals surface area contributed by atoms with Crippen molar-refractivity contribution in [2.45, 2.75) is 12.3 Å². The third kappa shape index (κ3) is 3.72. The quantitative estimate of drug-likeness (QED) is 0.868. The molecule has 0 saturated heterocycles. The summed E-state index contributed by atoms with van der Waals surface area (Å²) in [5.41, 5.74) is 4.96. The van der Waals surface area contributed by atoms with Crippen molar-refractivity contribution < 1.29 is 22.3 Å². The fourth-order valence-corrected chi connectivity index (χ4v) is 1.88. The van der Waals surface area contributed by atoms with Gasteiger partial charge in [-0.1, -0.05) is 30.3 Å². The molecule has 1 unspecified atom stereocenters. The van der Waals surface area contributed by atoms with E-state index in [4.69, 9.17) is 10.5 Å². The zero-order chi connectivity index (χ0) is 15.5. The second-order valence-corrected chi connectivity index (χ2v) is 4.39. The van der Waals surface area contributed by atoms with E-state index in [1.165, 1.54) is 0 Å². The molecule has 21 heavy (non-hydrogen) atoms. The van der Waals surface area contributed by atoms with Gasteiger partial charge in [0.15, 0.2) is 0 Å². The first kappa shape index (κ1) is 15.3. The Labute approximate surface area is 119 Å². The number of hydrogen-bond donors (Lipinski definition) is 1. The molecule has 2 nitrogen and oxygen atoms in total. The molecule has 0 aliphatic heterocycles. The largest absolute Gasteiger partial charge is 0.484 e. The normalized spacial score (nSPS) is 13.0. The number of halogens is 4. The highest BCUT2D eigenvalue weighted by Gasteiger charge is 2.34. The lowest BCUT2D eigenvalue weighted by atomic mass is 10.1. The Morgan fingerprint density at radius 2 is 1.71 bits per heavy atom. The number of ether oxygens (including phenoxy) is 1.